The van der Waals surface area contributed by atoms with E-state index < -0.39 is 0 Å². The lowest BCUT2D eigenvalue weighted by molar-refractivity contribution is 0.113. The van der Waals surface area contributed by atoms with Gasteiger partial charge in [0.2, 0.25) is 0 Å². The largest absolute Gasteiger partial charge is 0.423 e. The molecule has 0 saturated carbocycles. The first-order valence-corrected chi connectivity index (χ1v) is 5.75. The van der Waals surface area contributed by atoms with Gasteiger partial charge in [0, 0.05) is 11.3 Å². The molecule has 0 aliphatic rings. The van der Waals surface area contributed by atoms with E-state index in [0.29, 0.717) is 0 Å². The van der Waals surface area contributed by atoms with Gasteiger partial charge in [-0.2, -0.15) is 0 Å². The molecule has 0 amide bonds. The molecule has 0 spiro atoms. The van der Waals surface area contributed by atoms with Gasteiger partial charge in [0.15, 0.2) is 0 Å². The molecule has 0 aliphatic heterocycles. The Morgan fingerprint density at radius 2 is 1.86 bits per heavy atom. The third-order valence-corrected chi connectivity index (χ3v) is 3.65. The van der Waals surface area contributed by atoms with E-state index in [-0.39, 0.29) is 5.60 Å². The first kappa shape index (κ1) is 11.3. The van der Waals surface area contributed by atoms with Crippen molar-refractivity contribution in [2.75, 3.05) is 5.73 Å². The van der Waals surface area contributed by atoms with Crippen LogP contribution in [0.2, 0.25) is 0 Å². The summed E-state index contributed by atoms with van der Waals surface area (Å²) in [6.45, 7) is 4.27. The summed E-state index contributed by atoms with van der Waals surface area (Å²) in [7, 11) is 0.803. The second kappa shape index (κ2) is 4.62. The Morgan fingerprint density at radius 1 is 1.29 bits per heavy atom. The summed E-state index contributed by atoms with van der Waals surface area (Å²) < 4.78 is 5.50. The highest BCUT2D eigenvalue weighted by molar-refractivity contribution is 5.98. The van der Waals surface area contributed by atoms with E-state index >= 15 is 0 Å². The molecule has 0 heterocycles. The average molecular weight is 209 g/mol. The molecular weight excluding hydrogens is 190 g/mol. The fourth-order valence-electron chi connectivity index (χ4n) is 1.23. The summed E-state index contributed by atoms with van der Waals surface area (Å²) in [6.07, 6.45) is 2.11. The normalized spacial score (nSPS) is 11.9. The average Bonchev–Trinajstić information content (AvgIpc) is 2.17. The first-order valence-electron chi connectivity index (χ1n) is 4.93. The topological polar surface area (TPSA) is 35.2 Å². The first-order chi connectivity index (χ1) is 6.53. The van der Waals surface area contributed by atoms with Crippen molar-refractivity contribution in [2.45, 2.75) is 32.3 Å². The fourth-order valence-corrected chi connectivity index (χ4v) is 1.44. The molecule has 0 unspecified atom stereocenters. The van der Waals surface area contributed by atoms with E-state index in [1.54, 1.807) is 0 Å². The van der Waals surface area contributed by atoms with Gasteiger partial charge in [-0.25, -0.2) is 0 Å². The van der Waals surface area contributed by atoms with Gasteiger partial charge in [-0.05, 0) is 44.4 Å². The van der Waals surface area contributed by atoms with Crippen molar-refractivity contribution in [3.05, 3.63) is 29.8 Å². The monoisotopic (exact) mass is 209 g/mol. The summed E-state index contributed by atoms with van der Waals surface area (Å²) >= 11 is 0. The maximum absolute atomic E-state index is 5.62. The Hall–Kier alpha value is -0.803. The minimum atomic E-state index is 0.0214. The van der Waals surface area contributed by atoms with E-state index in [1.807, 2.05) is 12.1 Å². The highest BCUT2D eigenvalue weighted by atomic mass is 28.2. The van der Waals surface area contributed by atoms with E-state index in [2.05, 4.69) is 26.0 Å². The maximum Gasteiger partial charge on any atom is 0.146 e. The summed E-state index contributed by atoms with van der Waals surface area (Å²) in [5.74, 6) is 0. The highest BCUT2D eigenvalue weighted by Gasteiger charge is 2.14. The molecule has 0 aliphatic carbocycles. The van der Waals surface area contributed by atoms with Crippen LogP contribution in [0.3, 0.4) is 0 Å². The number of aryl methyl sites for hydroxylation is 1. The van der Waals surface area contributed by atoms with Gasteiger partial charge in [0.1, 0.15) is 10.5 Å². The molecule has 1 aromatic rings. The van der Waals surface area contributed by atoms with Gasteiger partial charge in [-0.3, -0.25) is 0 Å². The van der Waals surface area contributed by atoms with Crippen LogP contribution < -0.4 is 5.73 Å². The quantitative estimate of drug-likeness (QED) is 0.599. The van der Waals surface area contributed by atoms with Gasteiger partial charge in [0.25, 0.3) is 0 Å². The molecule has 0 bridgehead atoms. The molecule has 3 heteroatoms. The van der Waals surface area contributed by atoms with Crippen LogP contribution in [0, 0.1) is 0 Å². The van der Waals surface area contributed by atoms with Crippen LogP contribution in [-0.2, 0) is 10.8 Å². The van der Waals surface area contributed by atoms with Crippen LogP contribution in [-0.4, -0.2) is 16.1 Å². The second-order valence-electron chi connectivity index (χ2n) is 4.21. The van der Waals surface area contributed by atoms with E-state index in [4.69, 9.17) is 10.2 Å². The Bertz CT molecular complexity index is 282. The molecule has 0 fully saturated rings. The van der Waals surface area contributed by atoms with Crippen molar-refractivity contribution < 1.29 is 4.43 Å². The molecule has 2 N–H and O–H groups in total. The van der Waals surface area contributed by atoms with Crippen LogP contribution in [0.5, 0.6) is 0 Å². The van der Waals surface area contributed by atoms with Crippen molar-refractivity contribution in [2.24, 2.45) is 0 Å². The maximum atomic E-state index is 5.62. The van der Waals surface area contributed by atoms with Gasteiger partial charge in [-0.15, -0.1) is 0 Å². The van der Waals surface area contributed by atoms with Crippen LogP contribution in [0.15, 0.2) is 24.3 Å². The molecule has 2 nitrogen and oxygen atoms in total. The van der Waals surface area contributed by atoms with Gasteiger partial charge >= 0.3 is 0 Å². The predicted molar refractivity (Wildman–Crippen MR) is 64.3 cm³/mol. The lowest BCUT2D eigenvalue weighted by Crippen LogP contribution is -2.23. The third-order valence-electron chi connectivity index (χ3n) is 2.55. The molecule has 14 heavy (non-hydrogen) atoms. The second-order valence-corrected chi connectivity index (χ2v) is 4.61. The van der Waals surface area contributed by atoms with Crippen molar-refractivity contribution in [1.29, 1.82) is 0 Å². The molecule has 0 radical (unpaired) electrons. The van der Waals surface area contributed by atoms with Crippen molar-refractivity contribution >= 4 is 16.2 Å². The Kier molecular flexibility index (Phi) is 3.72. The number of nitrogen functional groups attached to an aromatic ring is 1. The zero-order valence-electron chi connectivity index (χ0n) is 9.21. The summed E-state index contributed by atoms with van der Waals surface area (Å²) in [5.41, 5.74) is 7.79. The predicted octanol–water partition coefficient (Wildman–Crippen LogP) is 1.28. The standard InChI is InChI=1S/C11H19NOSi/c1-11(2,13-14)8-7-9-3-5-10(12)6-4-9/h3-6H,7-8,12H2,1-2,14H3. The van der Waals surface area contributed by atoms with Crippen LogP contribution in [0.25, 0.3) is 0 Å². The van der Waals surface area contributed by atoms with Gasteiger partial charge < -0.3 is 10.2 Å². The SMILES string of the molecule is CC(C)(CCc1ccc(N)cc1)O[SiH3]. The van der Waals surface area contributed by atoms with Crippen LogP contribution in [0.1, 0.15) is 25.8 Å². The number of rotatable bonds is 4. The summed E-state index contributed by atoms with van der Waals surface area (Å²) in [6, 6.07) is 8.06. The number of hydrogen-bond acceptors (Lipinski definition) is 2. The van der Waals surface area contributed by atoms with Crippen molar-refractivity contribution in [1.82, 2.24) is 0 Å². The van der Waals surface area contributed by atoms with Crippen molar-refractivity contribution in [3.8, 4) is 0 Å². The van der Waals surface area contributed by atoms with Crippen molar-refractivity contribution in [3.63, 3.8) is 0 Å². The highest BCUT2D eigenvalue weighted by Crippen LogP contribution is 2.17. The van der Waals surface area contributed by atoms with Gasteiger partial charge in [0.05, 0.1) is 0 Å². The minimum Gasteiger partial charge on any atom is -0.423 e. The Morgan fingerprint density at radius 3 is 2.36 bits per heavy atom. The summed E-state index contributed by atoms with van der Waals surface area (Å²) in [5, 5.41) is 0. The number of anilines is 1. The Balaban J connectivity index is 2.50. The van der Waals surface area contributed by atoms with E-state index in [0.717, 1.165) is 29.0 Å². The molecule has 78 valence electrons. The Labute approximate surface area is 89.0 Å². The van der Waals surface area contributed by atoms with E-state index in [9.17, 15) is 0 Å². The van der Waals surface area contributed by atoms with Crippen LogP contribution in [0.4, 0.5) is 5.69 Å². The fraction of sp³-hybridized carbons (Fsp3) is 0.455. The molecule has 0 atom stereocenters. The van der Waals surface area contributed by atoms with E-state index in [1.165, 1.54) is 5.56 Å². The third kappa shape index (κ3) is 3.52. The lowest BCUT2D eigenvalue weighted by atomic mass is 9.99. The van der Waals surface area contributed by atoms with Crippen LogP contribution >= 0.6 is 0 Å². The zero-order valence-corrected chi connectivity index (χ0v) is 11.2. The number of nitrogens with two attached hydrogens (primary N) is 1. The zero-order chi connectivity index (χ0) is 10.6. The minimum absolute atomic E-state index is 0.0214. The number of benzene rings is 1. The summed E-state index contributed by atoms with van der Waals surface area (Å²) in [4.78, 5) is 0. The smallest absolute Gasteiger partial charge is 0.146 e. The lowest BCUT2D eigenvalue weighted by Gasteiger charge is -2.23. The number of hydrogen-bond donors (Lipinski definition) is 1. The molecule has 0 saturated heterocycles. The molecule has 1 aromatic carbocycles. The van der Waals surface area contributed by atoms with Gasteiger partial charge in [-0.1, -0.05) is 12.1 Å². The molecular formula is C11H19NOSi. The molecule has 1 rings (SSSR count). The molecule has 0 aromatic heterocycles.